The lowest BCUT2D eigenvalue weighted by Crippen LogP contribution is -2.32. The fraction of sp³-hybridized carbons (Fsp3) is 0. The number of para-hydroxylation sites is 2. The van der Waals surface area contributed by atoms with E-state index in [0.717, 1.165) is 0 Å². The summed E-state index contributed by atoms with van der Waals surface area (Å²) in [5.74, 6) is 0.617. The van der Waals surface area contributed by atoms with Crippen LogP contribution in [0.2, 0.25) is 0 Å². The lowest BCUT2D eigenvalue weighted by Gasteiger charge is -2.09. The van der Waals surface area contributed by atoms with E-state index in [-0.39, 0.29) is 5.11 Å². The Morgan fingerprint density at radius 3 is 2.80 bits per heavy atom. The minimum Gasteiger partial charge on any atom is -0.465 e. The highest BCUT2D eigenvalue weighted by atomic mass is 32.1. The van der Waals surface area contributed by atoms with Gasteiger partial charge in [0.1, 0.15) is 5.76 Å². The predicted molar refractivity (Wildman–Crippen MR) is 79.8 cm³/mol. The topological polar surface area (TPSA) is 86.9 Å². The molecular formula is C13H11N3O3S. The summed E-state index contributed by atoms with van der Waals surface area (Å²) >= 11 is 4.86. The van der Waals surface area contributed by atoms with Gasteiger partial charge in [-0.05, 0) is 36.5 Å². The van der Waals surface area contributed by atoms with Gasteiger partial charge < -0.3 is 14.8 Å². The van der Waals surface area contributed by atoms with Gasteiger partial charge in [-0.25, -0.2) is 4.79 Å². The maximum absolute atomic E-state index is 10.5. The molecule has 0 unspecified atom stereocenters. The number of aliphatic imine (C=N–C) groups is 1. The van der Waals surface area contributed by atoms with Crippen molar-refractivity contribution in [3.05, 3.63) is 48.4 Å². The van der Waals surface area contributed by atoms with Gasteiger partial charge in [0.05, 0.1) is 23.9 Å². The van der Waals surface area contributed by atoms with Gasteiger partial charge in [0, 0.05) is 0 Å². The molecule has 20 heavy (non-hydrogen) atoms. The standard InChI is InChI=1S/C13H11N3O3S/c17-13(18)16-12(20)15-11-6-2-1-5-10(11)14-8-9-4-3-7-19-9/h1-8H,(H,17,18)(H2,15,16,20)/b14-8+. The second-order valence-corrected chi connectivity index (χ2v) is 4.08. The van der Waals surface area contributed by atoms with Gasteiger partial charge >= 0.3 is 6.09 Å². The van der Waals surface area contributed by atoms with E-state index in [4.69, 9.17) is 21.7 Å². The smallest absolute Gasteiger partial charge is 0.410 e. The Labute approximate surface area is 120 Å². The highest BCUT2D eigenvalue weighted by Gasteiger charge is 2.05. The number of nitrogens with zero attached hydrogens (tertiary/aromatic N) is 1. The van der Waals surface area contributed by atoms with Crippen LogP contribution in [0.5, 0.6) is 0 Å². The average molecular weight is 289 g/mol. The van der Waals surface area contributed by atoms with E-state index in [9.17, 15) is 4.79 Å². The molecule has 1 amide bonds. The number of hydrogen-bond donors (Lipinski definition) is 3. The van der Waals surface area contributed by atoms with Crippen LogP contribution in [0, 0.1) is 0 Å². The number of carboxylic acid groups (broad SMARTS) is 1. The first-order valence-electron chi connectivity index (χ1n) is 5.62. The van der Waals surface area contributed by atoms with Crippen molar-refractivity contribution in [1.29, 1.82) is 0 Å². The number of furan rings is 1. The maximum Gasteiger partial charge on any atom is 0.410 e. The van der Waals surface area contributed by atoms with Gasteiger partial charge in [0.2, 0.25) is 0 Å². The number of amides is 1. The van der Waals surface area contributed by atoms with Crippen LogP contribution in [0.15, 0.2) is 52.1 Å². The fourth-order valence-corrected chi connectivity index (χ4v) is 1.64. The molecule has 0 spiro atoms. The minimum absolute atomic E-state index is 0.0156. The Kier molecular flexibility index (Phi) is 4.46. The van der Waals surface area contributed by atoms with Gasteiger partial charge in [0.25, 0.3) is 0 Å². The molecule has 1 aromatic heterocycles. The molecule has 0 saturated heterocycles. The molecule has 0 aliphatic heterocycles. The molecule has 6 nitrogen and oxygen atoms in total. The highest BCUT2D eigenvalue weighted by molar-refractivity contribution is 7.80. The molecule has 0 fully saturated rings. The molecule has 0 saturated carbocycles. The fourth-order valence-electron chi connectivity index (χ4n) is 1.44. The van der Waals surface area contributed by atoms with Crippen molar-refractivity contribution in [2.24, 2.45) is 4.99 Å². The summed E-state index contributed by atoms with van der Waals surface area (Å²) in [7, 11) is 0. The highest BCUT2D eigenvalue weighted by Crippen LogP contribution is 2.24. The van der Waals surface area contributed by atoms with E-state index in [1.54, 1.807) is 42.8 Å². The molecular weight excluding hydrogens is 278 g/mol. The van der Waals surface area contributed by atoms with E-state index in [0.29, 0.717) is 17.1 Å². The first kappa shape index (κ1) is 13.8. The number of rotatable bonds is 3. The zero-order valence-electron chi connectivity index (χ0n) is 10.2. The molecule has 7 heteroatoms. The summed E-state index contributed by atoms with van der Waals surface area (Å²) in [6, 6.07) is 10.6. The summed E-state index contributed by atoms with van der Waals surface area (Å²) in [4.78, 5) is 14.8. The lowest BCUT2D eigenvalue weighted by molar-refractivity contribution is 0.200. The second kappa shape index (κ2) is 6.48. The normalized spacial score (nSPS) is 10.4. The number of nitrogens with one attached hydrogen (secondary N) is 2. The third-order valence-electron chi connectivity index (χ3n) is 2.25. The Bertz CT molecular complexity index is 638. The molecule has 0 atom stereocenters. The van der Waals surface area contributed by atoms with Crippen molar-refractivity contribution in [1.82, 2.24) is 5.32 Å². The lowest BCUT2D eigenvalue weighted by atomic mass is 10.2. The molecule has 3 N–H and O–H groups in total. The maximum atomic E-state index is 10.5. The van der Waals surface area contributed by atoms with Crippen LogP contribution in [0.25, 0.3) is 0 Å². The number of thiocarbonyl (C=S) groups is 1. The number of carbonyl (C=O) groups is 1. The predicted octanol–water partition coefficient (Wildman–Crippen LogP) is 2.99. The van der Waals surface area contributed by atoms with Crippen LogP contribution in [0.4, 0.5) is 16.2 Å². The SMILES string of the molecule is O=C(O)NC(=S)Nc1ccccc1/N=C/c1ccco1. The van der Waals surface area contributed by atoms with Crippen molar-refractivity contribution < 1.29 is 14.3 Å². The van der Waals surface area contributed by atoms with E-state index < -0.39 is 6.09 Å². The van der Waals surface area contributed by atoms with Crippen LogP contribution in [0.1, 0.15) is 5.76 Å². The molecule has 0 radical (unpaired) electrons. The Morgan fingerprint density at radius 1 is 1.30 bits per heavy atom. The second-order valence-electron chi connectivity index (χ2n) is 3.68. The minimum atomic E-state index is -1.22. The number of anilines is 1. The average Bonchev–Trinajstić information content (AvgIpc) is 2.90. The summed E-state index contributed by atoms with van der Waals surface area (Å²) in [6.07, 6.45) is 1.89. The summed E-state index contributed by atoms with van der Waals surface area (Å²) in [6.45, 7) is 0. The van der Waals surface area contributed by atoms with Gasteiger partial charge in [-0.2, -0.15) is 0 Å². The molecule has 1 aromatic carbocycles. The van der Waals surface area contributed by atoms with Gasteiger partial charge in [-0.1, -0.05) is 12.1 Å². The summed E-state index contributed by atoms with van der Waals surface area (Å²) < 4.78 is 5.14. The third-order valence-corrected chi connectivity index (χ3v) is 2.45. The number of hydrogen-bond acceptors (Lipinski definition) is 4. The molecule has 2 aromatic rings. The molecule has 102 valence electrons. The van der Waals surface area contributed by atoms with Crippen molar-refractivity contribution in [2.75, 3.05) is 5.32 Å². The van der Waals surface area contributed by atoms with Crippen LogP contribution in [-0.2, 0) is 0 Å². The quantitative estimate of drug-likeness (QED) is 0.597. The first-order chi connectivity index (χ1) is 9.65. The van der Waals surface area contributed by atoms with Crippen molar-refractivity contribution >= 4 is 41.0 Å². The summed E-state index contributed by atoms with van der Waals surface area (Å²) in [5.41, 5.74) is 1.20. The van der Waals surface area contributed by atoms with Crippen LogP contribution in [-0.4, -0.2) is 22.5 Å². The zero-order valence-corrected chi connectivity index (χ0v) is 11.1. The van der Waals surface area contributed by atoms with Crippen molar-refractivity contribution in [3.63, 3.8) is 0 Å². The molecule has 0 aliphatic carbocycles. The van der Waals surface area contributed by atoms with E-state index in [1.807, 2.05) is 6.07 Å². The van der Waals surface area contributed by atoms with Gasteiger partial charge in [0.15, 0.2) is 5.11 Å². The zero-order chi connectivity index (χ0) is 14.4. The summed E-state index contributed by atoms with van der Waals surface area (Å²) in [5, 5.41) is 13.4. The van der Waals surface area contributed by atoms with Gasteiger partial charge in [-0.3, -0.25) is 10.3 Å². The monoisotopic (exact) mass is 289 g/mol. The van der Waals surface area contributed by atoms with Crippen LogP contribution in [0.3, 0.4) is 0 Å². The molecule has 1 heterocycles. The third kappa shape index (κ3) is 3.92. The van der Waals surface area contributed by atoms with Crippen LogP contribution < -0.4 is 10.6 Å². The molecule has 0 aliphatic rings. The van der Waals surface area contributed by atoms with E-state index in [1.165, 1.54) is 0 Å². The molecule has 0 bridgehead atoms. The van der Waals surface area contributed by atoms with Gasteiger partial charge in [-0.15, -0.1) is 0 Å². The van der Waals surface area contributed by atoms with Crippen molar-refractivity contribution in [2.45, 2.75) is 0 Å². The Morgan fingerprint density at radius 2 is 2.10 bits per heavy atom. The first-order valence-corrected chi connectivity index (χ1v) is 6.03. The van der Waals surface area contributed by atoms with E-state index in [2.05, 4.69) is 15.6 Å². The van der Waals surface area contributed by atoms with E-state index >= 15 is 0 Å². The number of benzene rings is 1. The van der Waals surface area contributed by atoms with Crippen LogP contribution >= 0.6 is 12.2 Å². The Hall–Kier alpha value is -2.67. The van der Waals surface area contributed by atoms with Crippen molar-refractivity contribution in [3.8, 4) is 0 Å². The molecule has 2 rings (SSSR count). The Balaban J connectivity index is 2.14. The largest absolute Gasteiger partial charge is 0.465 e.